The van der Waals surface area contributed by atoms with Crippen LogP contribution in [0.3, 0.4) is 0 Å². The number of aryl methyl sites for hydroxylation is 1. The summed E-state index contributed by atoms with van der Waals surface area (Å²) >= 11 is 1.60. The lowest BCUT2D eigenvalue weighted by molar-refractivity contribution is -0.139. The molecule has 2 amide bonds. The number of hydrogen-bond donors (Lipinski definition) is 3. The molecule has 3 rings (SSSR count). The van der Waals surface area contributed by atoms with Crippen LogP contribution in [0.25, 0.3) is 10.4 Å². The summed E-state index contributed by atoms with van der Waals surface area (Å²) in [6, 6.07) is 6.36. The molecule has 1 fully saturated rings. The number of hydrogen-bond acceptors (Lipinski definition) is 6. The number of aliphatic hydroxyl groups is 1. The average Bonchev–Trinajstić information content (AvgIpc) is 3.26. The third-order valence-corrected chi connectivity index (χ3v) is 6.01. The van der Waals surface area contributed by atoms with Crippen molar-refractivity contribution < 1.29 is 14.7 Å². The maximum Gasteiger partial charge on any atom is 0.243 e. The van der Waals surface area contributed by atoms with E-state index in [1.165, 1.54) is 4.90 Å². The van der Waals surface area contributed by atoms with Gasteiger partial charge in [-0.15, -0.1) is 23.7 Å². The molecule has 4 atom stereocenters. The number of benzene rings is 1. The Balaban J connectivity index is 0.00000300. The largest absolute Gasteiger partial charge is 0.391 e. The van der Waals surface area contributed by atoms with E-state index in [9.17, 15) is 14.7 Å². The molecule has 1 aromatic carbocycles. The molecule has 158 valence electrons. The Labute approximate surface area is 180 Å². The molecular formula is C20H27ClN4O3S. The summed E-state index contributed by atoms with van der Waals surface area (Å²) in [5.41, 5.74) is 10.6. The number of carbonyl (C=O) groups excluding carboxylic acids is 2. The van der Waals surface area contributed by atoms with Crippen molar-refractivity contribution in [1.29, 1.82) is 0 Å². The van der Waals surface area contributed by atoms with Crippen LogP contribution in [0.2, 0.25) is 0 Å². The minimum absolute atomic E-state index is 0. The van der Waals surface area contributed by atoms with Gasteiger partial charge in [0, 0.05) is 13.0 Å². The first kappa shape index (κ1) is 23.3. The molecule has 1 aromatic heterocycles. The fourth-order valence-electron chi connectivity index (χ4n) is 3.46. The van der Waals surface area contributed by atoms with Crippen LogP contribution in [0.15, 0.2) is 29.8 Å². The van der Waals surface area contributed by atoms with Gasteiger partial charge in [-0.25, -0.2) is 4.98 Å². The third-order valence-electron chi connectivity index (χ3n) is 5.03. The first-order chi connectivity index (χ1) is 13.3. The first-order valence-corrected chi connectivity index (χ1v) is 10.2. The maximum atomic E-state index is 12.7. The Kier molecular flexibility index (Phi) is 7.76. The van der Waals surface area contributed by atoms with Gasteiger partial charge in [-0.1, -0.05) is 24.3 Å². The van der Waals surface area contributed by atoms with E-state index >= 15 is 0 Å². The van der Waals surface area contributed by atoms with Gasteiger partial charge in [0.15, 0.2) is 0 Å². The van der Waals surface area contributed by atoms with Crippen molar-refractivity contribution in [2.45, 2.75) is 51.4 Å². The molecule has 4 N–H and O–H groups in total. The van der Waals surface area contributed by atoms with E-state index in [2.05, 4.69) is 10.3 Å². The van der Waals surface area contributed by atoms with Crippen LogP contribution >= 0.6 is 23.7 Å². The van der Waals surface area contributed by atoms with Crippen molar-refractivity contribution in [1.82, 2.24) is 15.2 Å². The maximum absolute atomic E-state index is 12.7. The van der Waals surface area contributed by atoms with Gasteiger partial charge in [0.25, 0.3) is 0 Å². The van der Waals surface area contributed by atoms with Gasteiger partial charge in [0.1, 0.15) is 6.04 Å². The number of nitrogens with two attached hydrogens (primary N) is 1. The highest BCUT2D eigenvalue weighted by Gasteiger charge is 2.39. The summed E-state index contributed by atoms with van der Waals surface area (Å²) in [5, 5.41) is 12.9. The summed E-state index contributed by atoms with van der Waals surface area (Å²) in [7, 11) is 0. The smallest absolute Gasteiger partial charge is 0.243 e. The van der Waals surface area contributed by atoms with Gasteiger partial charge in [-0.2, -0.15) is 0 Å². The number of β-amino-alcohol motifs (C(OH)–C–C–N with tert-alkyl or cyclic N) is 1. The second-order valence-corrected chi connectivity index (χ2v) is 8.16. The molecule has 0 aliphatic carbocycles. The Morgan fingerprint density at radius 1 is 1.31 bits per heavy atom. The first-order valence-electron chi connectivity index (χ1n) is 9.32. The van der Waals surface area contributed by atoms with Crippen molar-refractivity contribution >= 4 is 35.6 Å². The molecule has 0 radical (unpaired) electrons. The molecule has 0 unspecified atom stereocenters. The number of halogens is 1. The van der Waals surface area contributed by atoms with Crippen LogP contribution in [-0.4, -0.2) is 51.5 Å². The summed E-state index contributed by atoms with van der Waals surface area (Å²) in [6.07, 6.45) is -0.490. The molecule has 7 nitrogen and oxygen atoms in total. The highest BCUT2D eigenvalue weighted by atomic mass is 35.5. The number of thiazole rings is 1. The molecule has 0 bridgehead atoms. The minimum Gasteiger partial charge on any atom is -0.391 e. The number of aromatic nitrogens is 1. The minimum atomic E-state index is -0.712. The summed E-state index contributed by atoms with van der Waals surface area (Å²) in [5.74, 6) is -0.603. The molecule has 2 aromatic rings. The number of rotatable bonds is 5. The van der Waals surface area contributed by atoms with Crippen LogP contribution in [0.4, 0.5) is 0 Å². The molecule has 0 saturated carbocycles. The van der Waals surface area contributed by atoms with E-state index in [0.29, 0.717) is 0 Å². The van der Waals surface area contributed by atoms with Crippen LogP contribution in [0.5, 0.6) is 0 Å². The Morgan fingerprint density at radius 2 is 1.97 bits per heavy atom. The SMILES string of the molecule is Cc1ncsc1-c1ccc([C@H](C)NC(=O)[C@@H]2C[C@@H](O)CN2C(=O)[C@H](C)N)cc1.Cl. The quantitative estimate of drug-likeness (QED) is 0.661. The lowest BCUT2D eigenvalue weighted by Gasteiger charge is -2.26. The topological polar surface area (TPSA) is 109 Å². The van der Waals surface area contributed by atoms with E-state index in [4.69, 9.17) is 5.73 Å². The predicted molar refractivity (Wildman–Crippen MR) is 116 cm³/mol. The van der Waals surface area contributed by atoms with E-state index in [-0.39, 0.29) is 43.2 Å². The molecule has 1 aliphatic rings. The van der Waals surface area contributed by atoms with E-state index in [0.717, 1.165) is 21.7 Å². The van der Waals surface area contributed by atoms with Gasteiger partial charge in [0.05, 0.1) is 34.3 Å². The zero-order valence-electron chi connectivity index (χ0n) is 16.7. The average molecular weight is 439 g/mol. The van der Waals surface area contributed by atoms with Crippen molar-refractivity contribution in [2.75, 3.05) is 6.54 Å². The number of nitrogens with zero attached hydrogens (tertiary/aromatic N) is 2. The van der Waals surface area contributed by atoms with E-state index < -0.39 is 18.2 Å². The van der Waals surface area contributed by atoms with Crippen molar-refractivity contribution in [3.05, 3.63) is 41.0 Å². The number of nitrogens with one attached hydrogen (secondary N) is 1. The zero-order chi connectivity index (χ0) is 20.4. The molecule has 2 heterocycles. The number of carbonyl (C=O) groups is 2. The highest BCUT2D eigenvalue weighted by molar-refractivity contribution is 7.13. The summed E-state index contributed by atoms with van der Waals surface area (Å²) in [4.78, 5) is 31.8. The monoisotopic (exact) mass is 438 g/mol. The van der Waals surface area contributed by atoms with Gasteiger partial charge >= 0.3 is 0 Å². The van der Waals surface area contributed by atoms with Crippen LogP contribution in [0, 0.1) is 6.92 Å². The molecule has 0 spiro atoms. The molecular weight excluding hydrogens is 412 g/mol. The van der Waals surface area contributed by atoms with Crippen molar-refractivity contribution in [2.24, 2.45) is 5.73 Å². The lowest BCUT2D eigenvalue weighted by atomic mass is 10.0. The van der Waals surface area contributed by atoms with Gasteiger partial charge < -0.3 is 21.1 Å². The van der Waals surface area contributed by atoms with Crippen LogP contribution < -0.4 is 11.1 Å². The van der Waals surface area contributed by atoms with Crippen LogP contribution in [-0.2, 0) is 9.59 Å². The Hall–Kier alpha value is -2.00. The fraction of sp³-hybridized carbons (Fsp3) is 0.450. The normalized spacial score (nSPS) is 20.7. The molecule has 1 saturated heterocycles. The second-order valence-electron chi connectivity index (χ2n) is 7.30. The predicted octanol–water partition coefficient (Wildman–Crippen LogP) is 2.03. The number of aliphatic hydroxyl groups excluding tert-OH is 1. The Morgan fingerprint density at radius 3 is 2.52 bits per heavy atom. The number of amides is 2. The Bertz CT molecular complexity index is 856. The lowest BCUT2D eigenvalue weighted by Crippen LogP contribution is -2.50. The van der Waals surface area contributed by atoms with Crippen molar-refractivity contribution in [3.63, 3.8) is 0 Å². The van der Waals surface area contributed by atoms with E-state index in [1.54, 1.807) is 18.3 Å². The van der Waals surface area contributed by atoms with Crippen LogP contribution in [0.1, 0.15) is 37.6 Å². The second kappa shape index (κ2) is 9.67. The highest BCUT2D eigenvalue weighted by Crippen LogP contribution is 2.28. The van der Waals surface area contributed by atoms with Gasteiger partial charge in [-0.3, -0.25) is 9.59 Å². The summed E-state index contributed by atoms with van der Waals surface area (Å²) in [6.45, 7) is 5.59. The summed E-state index contributed by atoms with van der Waals surface area (Å²) < 4.78 is 0. The molecule has 9 heteroatoms. The molecule has 29 heavy (non-hydrogen) atoms. The van der Waals surface area contributed by atoms with Gasteiger partial charge in [0.2, 0.25) is 11.8 Å². The standard InChI is InChI=1S/C20H26N4O3S.ClH/c1-11(21)20(27)24-9-16(25)8-17(24)19(26)23-12(2)14-4-6-15(7-5-14)18-13(3)22-10-28-18;/h4-7,10-12,16-17,25H,8-9,21H2,1-3H3,(H,23,26);1H/t11-,12-,16+,17-;/m0./s1. The fourth-order valence-corrected chi connectivity index (χ4v) is 4.27. The van der Waals surface area contributed by atoms with Crippen molar-refractivity contribution in [3.8, 4) is 10.4 Å². The zero-order valence-corrected chi connectivity index (χ0v) is 18.3. The molecule has 1 aliphatic heterocycles. The number of likely N-dealkylation sites (tertiary alicyclic amines) is 1. The van der Waals surface area contributed by atoms with E-state index in [1.807, 2.05) is 43.6 Å². The third kappa shape index (κ3) is 5.14. The van der Waals surface area contributed by atoms with Gasteiger partial charge in [-0.05, 0) is 31.9 Å².